The molecule has 9 nitrogen and oxygen atoms in total. The minimum Gasteiger partial charge on any atom is -0.507 e. The summed E-state index contributed by atoms with van der Waals surface area (Å²) in [7, 11) is 0. The van der Waals surface area contributed by atoms with Crippen LogP contribution in [0, 0.1) is 17.0 Å². The minimum atomic E-state index is -1.04. The monoisotopic (exact) mass is 456 g/mol. The molecule has 2 heterocycles. The molecular weight excluding hydrogens is 444 g/mol. The van der Waals surface area contributed by atoms with Crippen LogP contribution in [-0.4, -0.2) is 31.9 Å². The van der Waals surface area contributed by atoms with E-state index in [1.165, 1.54) is 36.4 Å². The van der Waals surface area contributed by atoms with Crippen LogP contribution in [0.2, 0.25) is 5.02 Å². The minimum absolute atomic E-state index is 0.148. The topological polar surface area (TPSA) is 127 Å². The molecule has 1 aliphatic heterocycles. The SMILES string of the molecule is Cc1nnc(N2C(=O)C(=O)C(=C(O)c3ccc(Cl)cc3)[C@H]2c2ccc([N+](=O)[O-])cc2)s1. The first-order valence-electron chi connectivity index (χ1n) is 8.89. The van der Waals surface area contributed by atoms with Crippen molar-refractivity contribution in [2.45, 2.75) is 13.0 Å². The fourth-order valence-corrected chi connectivity index (χ4v) is 4.11. The van der Waals surface area contributed by atoms with Gasteiger partial charge in [-0.25, -0.2) is 0 Å². The number of carbonyl (C=O) groups excluding carboxylic acids is 2. The molecule has 1 saturated heterocycles. The van der Waals surface area contributed by atoms with Crippen molar-refractivity contribution < 1.29 is 19.6 Å². The van der Waals surface area contributed by atoms with Gasteiger partial charge in [-0.1, -0.05) is 22.9 Å². The highest BCUT2D eigenvalue weighted by molar-refractivity contribution is 7.15. The number of anilines is 1. The number of hydrogen-bond acceptors (Lipinski definition) is 8. The van der Waals surface area contributed by atoms with Crippen LogP contribution in [0.1, 0.15) is 22.2 Å². The second-order valence-corrected chi connectivity index (χ2v) is 8.22. The van der Waals surface area contributed by atoms with Gasteiger partial charge in [0.1, 0.15) is 10.8 Å². The standard InChI is InChI=1S/C20H13ClN4O5S/c1-10-22-23-20(31-10)24-16(11-4-8-14(9-5-11)25(29)30)15(18(27)19(24)28)17(26)12-2-6-13(21)7-3-12/h2-9,16,26H,1H3/t16-/m1/s1. The predicted molar refractivity (Wildman–Crippen MR) is 114 cm³/mol. The summed E-state index contributed by atoms with van der Waals surface area (Å²) >= 11 is 7.01. The molecule has 3 aromatic rings. The summed E-state index contributed by atoms with van der Waals surface area (Å²) in [4.78, 5) is 37.5. The van der Waals surface area contributed by atoms with Crippen LogP contribution in [0.3, 0.4) is 0 Å². The summed E-state index contributed by atoms with van der Waals surface area (Å²) in [5.74, 6) is -2.17. The van der Waals surface area contributed by atoms with Gasteiger partial charge in [0.25, 0.3) is 11.5 Å². The number of aryl methyl sites for hydroxylation is 1. The Labute approximate surface area is 184 Å². The molecule has 1 N–H and O–H groups in total. The lowest BCUT2D eigenvalue weighted by Gasteiger charge is -2.22. The number of rotatable bonds is 4. The Kier molecular flexibility index (Phi) is 5.25. The largest absolute Gasteiger partial charge is 0.507 e. The van der Waals surface area contributed by atoms with Crippen LogP contribution in [-0.2, 0) is 9.59 Å². The number of carbonyl (C=O) groups is 2. The molecule has 156 valence electrons. The lowest BCUT2D eigenvalue weighted by atomic mass is 9.95. The number of aliphatic hydroxyl groups excluding tert-OH is 1. The summed E-state index contributed by atoms with van der Waals surface area (Å²) in [6.07, 6.45) is 0. The first kappa shape index (κ1) is 20.6. The third kappa shape index (κ3) is 3.66. The van der Waals surface area contributed by atoms with Gasteiger partial charge in [-0.3, -0.25) is 24.6 Å². The van der Waals surface area contributed by atoms with Gasteiger partial charge in [0, 0.05) is 22.7 Å². The van der Waals surface area contributed by atoms with Crippen LogP contribution in [0.5, 0.6) is 0 Å². The molecule has 1 amide bonds. The lowest BCUT2D eigenvalue weighted by molar-refractivity contribution is -0.384. The average molecular weight is 457 g/mol. The molecule has 1 atom stereocenters. The van der Waals surface area contributed by atoms with E-state index in [0.717, 1.165) is 16.2 Å². The number of non-ortho nitro benzene ring substituents is 1. The number of amides is 1. The van der Waals surface area contributed by atoms with Crippen molar-refractivity contribution in [2.24, 2.45) is 0 Å². The molecular formula is C20H13ClN4O5S. The highest BCUT2D eigenvalue weighted by Gasteiger charge is 2.48. The normalized spacial score (nSPS) is 17.9. The number of halogens is 1. The first-order chi connectivity index (χ1) is 14.8. The van der Waals surface area contributed by atoms with E-state index in [4.69, 9.17) is 11.6 Å². The van der Waals surface area contributed by atoms with Crippen LogP contribution < -0.4 is 4.90 Å². The molecule has 4 rings (SSSR count). The number of aliphatic hydroxyl groups is 1. The van der Waals surface area contributed by atoms with Gasteiger partial charge in [-0.2, -0.15) is 0 Å². The molecule has 0 aliphatic carbocycles. The second kappa shape index (κ2) is 7.89. The summed E-state index contributed by atoms with van der Waals surface area (Å²) in [6.45, 7) is 1.70. The van der Waals surface area contributed by atoms with Crippen molar-refractivity contribution in [2.75, 3.05) is 4.90 Å². The molecule has 0 unspecified atom stereocenters. The fraction of sp³-hybridized carbons (Fsp3) is 0.100. The summed E-state index contributed by atoms with van der Waals surface area (Å²) < 4.78 is 0. The Morgan fingerprint density at radius 2 is 1.77 bits per heavy atom. The molecule has 1 aromatic heterocycles. The highest BCUT2D eigenvalue weighted by Crippen LogP contribution is 2.43. The molecule has 0 bridgehead atoms. The van der Waals surface area contributed by atoms with Gasteiger partial charge >= 0.3 is 5.91 Å². The van der Waals surface area contributed by atoms with Gasteiger partial charge in [0.05, 0.1) is 16.5 Å². The van der Waals surface area contributed by atoms with E-state index >= 15 is 0 Å². The maximum Gasteiger partial charge on any atom is 0.301 e. The zero-order chi connectivity index (χ0) is 22.3. The van der Waals surface area contributed by atoms with E-state index in [2.05, 4.69) is 10.2 Å². The quantitative estimate of drug-likeness (QED) is 0.206. The van der Waals surface area contributed by atoms with Crippen molar-refractivity contribution in [1.82, 2.24) is 10.2 Å². The van der Waals surface area contributed by atoms with Crippen molar-refractivity contribution in [3.63, 3.8) is 0 Å². The number of ketones is 1. The van der Waals surface area contributed by atoms with Crippen LogP contribution in [0.25, 0.3) is 5.76 Å². The molecule has 0 radical (unpaired) electrons. The van der Waals surface area contributed by atoms with Gasteiger partial charge < -0.3 is 5.11 Å². The zero-order valence-corrected chi connectivity index (χ0v) is 17.4. The fourth-order valence-electron chi connectivity index (χ4n) is 3.27. The van der Waals surface area contributed by atoms with Gasteiger partial charge in [0.2, 0.25) is 5.13 Å². The number of Topliss-reactive ketones (excluding diaryl/α,β-unsaturated/α-hetero) is 1. The Balaban J connectivity index is 1.92. The smallest absolute Gasteiger partial charge is 0.301 e. The maximum atomic E-state index is 12.9. The Hall–Kier alpha value is -3.63. The van der Waals surface area contributed by atoms with Crippen LogP contribution in [0.15, 0.2) is 54.1 Å². The van der Waals surface area contributed by atoms with Crippen molar-refractivity contribution in [1.29, 1.82) is 0 Å². The average Bonchev–Trinajstić information content (AvgIpc) is 3.29. The maximum absolute atomic E-state index is 12.9. The zero-order valence-electron chi connectivity index (χ0n) is 15.9. The molecule has 0 saturated carbocycles. The van der Waals surface area contributed by atoms with Crippen LogP contribution >= 0.6 is 22.9 Å². The van der Waals surface area contributed by atoms with Gasteiger partial charge in [-0.05, 0) is 48.9 Å². The number of hydrogen-bond donors (Lipinski definition) is 1. The predicted octanol–water partition coefficient (Wildman–Crippen LogP) is 4.03. The highest BCUT2D eigenvalue weighted by atomic mass is 35.5. The van der Waals surface area contributed by atoms with Gasteiger partial charge in [0.15, 0.2) is 0 Å². The van der Waals surface area contributed by atoms with E-state index in [-0.39, 0.29) is 22.2 Å². The summed E-state index contributed by atoms with van der Waals surface area (Å²) in [6, 6.07) is 10.5. The third-order valence-electron chi connectivity index (χ3n) is 4.70. The van der Waals surface area contributed by atoms with Crippen molar-refractivity contribution in [3.05, 3.63) is 85.4 Å². The van der Waals surface area contributed by atoms with E-state index < -0.39 is 22.7 Å². The molecule has 31 heavy (non-hydrogen) atoms. The summed E-state index contributed by atoms with van der Waals surface area (Å²) in [5.41, 5.74) is 0.384. The molecule has 1 fully saturated rings. The first-order valence-corrected chi connectivity index (χ1v) is 10.1. The van der Waals surface area contributed by atoms with Gasteiger partial charge in [-0.15, -0.1) is 10.2 Å². The van der Waals surface area contributed by atoms with E-state index in [1.54, 1.807) is 19.1 Å². The number of benzene rings is 2. The lowest BCUT2D eigenvalue weighted by Crippen LogP contribution is -2.29. The Bertz CT molecular complexity index is 1240. The van der Waals surface area contributed by atoms with E-state index in [1.807, 2.05) is 0 Å². The molecule has 11 heteroatoms. The summed E-state index contributed by atoms with van der Waals surface area (Å²) in [5, 5.41) is 31.0. The van der Waals surface area contributed by atoms with Crippen molar-refractivity contribution >= 4 is 51.2 Å². The number of nitrogens with zero attached hydrogens (tertiary/aromatic N) is 4. The van der Waals surface area contributed by atoms with Crippen molar-refractivity contribution in [3.8, 4) is 0 Å². The van der Waals surface area contributed by atoms with Crippen LogP contribution in [0.4, 0.5) is 10.8 Å². The number of aromatic nitrogens is 2. The third-order valence-corrected chi connectivity index (χ3v) is 5.79. The molecule has 2 aromatic carbocycles. The number of nitro benzene ring substituents is 1. The number of nitro groups is 1. The Morgan fingerprint density at radius 1 is 1.13 bits per heavy atom. The van der Waals surface area contributed by atoms with E-state index in [0.29, 0.717) is 21.2 Å². The molecule has 1 aliphatic rings. The van der Waals surface area contributed by atoms with E-state index in [9.17, 15) is 24.8 Å². The molecule has 0 spiro atoms. The Morgan fingerprint density at radius 3 is 2.32 bits per heavy atom. The second-order valence-electron chi connectivity index (χ2n) is 6.63.